The van der Waals surface area contributed by atoms with Crippen LogP contribution in [0.25, 0.3) is 11.4 Å². The van der Waals surface area contributed by atoms with Gasteiger partial charge in [0.1, 0.15) is 11.6 Å². The largest absolute Gasteiger partial charge is 0.497 e. The minimum absolute atomic E-state index is 0.0266. The van der Waals surface area contributed by atoms with Gasteiger partial charge in [0.05, 0.1) is 19.7 Å². The summed E-state index contributed by atoms with van der Waals surface area (Å²) in [5.74, 6) is 1.63. The molecule has 0 saturated carbocycles. The molecule has 0 bridgehead atoms. The Bertz CT molecular complexity index is 1100. The Morgan fingerprint density at radius 3 is 2.59 bits per heavy atom. The molecule has 1 atom stereocenters. The number of benzene rings is 2. The van der Waals surface area contributed by atoms with Gasteiger partial charge in [-0.1, -0.05) is 17.3 Å². The molecule has 0 N–H and O–H groups in total. The third-order valence-corrected chi connectivity index (χ3v) is 6.17. The molecule has 1 aromatic heterocycles. The zero-order valence-corrected chi connectivity index (χ0v) is 19.8. The van der Waals surface area contributed by atoms with Crippen molar-refractivity contribution in [2.75, 3.05) is 40.3 Å². The number of likely N-dealkylation sites (N-methyl/N-ethyl adjacent to an activating group) is 1. The molecule has 3 aromatic rings. The molecule has 1 saturated heterocycles. The maximum absolute atomic E-state index is 13.4. The van der Waals surface area contributed by atoms with Gasteiger partial charge in [0.25, 0.3) is 0 Å². The van der Waals surface area contributed by atoms with Gasteiger partial charge in [-0.15, -0.1) is 0 Å². The van der Waals surface area contributed by atoms with Gasteiger partial charge in [-0.3, -0.25) is 14.6 Å². The van der Waals surface area contributed by atoms with Crippen LogP contribution in [0.1, 0.15) is 18.4 Å². The van der Waals surface area contributed by atoms with Gasteiger partial charge in [-0.25, -0.2) is 4.39 Å². The number of methoxy groups -OCH3 is 1. The third kappa shape index (κ3) is 5.78. The van der Waals surface area contributed by atoms with Crippen LogP contribution >= 0.6 is 0 Å². The fourth-order valence-electron chi connectivity index (χ4n) is 4.14. The first-order valence-corrected chi connectivity index (χ1v) is 11.4. The smallest absolute Gasteiger partial charge is 0.241 e. The number of carbonyl (C=O) groups is 1. The van der Waals surface area contributed by atoms with Gasteiger partial charge in [0, 0.05) is 45.3 Å². The zero-order chi connectivity index (χ0) is 24.1. The highest BCUT2D eigenvalue weighted by molar-refractivity contribution is 5.81. The van der Waals surface area contributed by atoms with Crippen molar-refractivity contribution in [3.05, 3.63) is 65.8 Å². The van der Waals surface area contributed by atoms with Crippen LogP contribution < -0.4 is 4.74 Å². The lowest BCUT2D eigenvalue weighted by Crippen LogP contribution is -2.53. The van der Waals surface area contributed by atoms with Crippen LogP contribution in [0, 0.1) is 5.82 Å². The Hall–Kier alpha value is -3.30. The third-order valence-electron chi connectivity index (χ3n) is 6.17. The second-order valence-corrected chi connectivity index (χ2v) is 8.55. The standard InChI is InChI=1S/C25H30FN5O3/c1-18(25(32)29(2)16-19-5-4-6-21(26)15-19)31-13-11-30(12-14-31)17-23-27-24(28-34-23)20-7-9-22(33-3)10-8-20/h4-10,15,18H,11-14,16-17H2,1-3H3/t18-/m0/s1. The topological polar surface area (TPSA) is 74.9 Å². The van der Waals surface area contributed by atoms with Gasteiger partial charge in [0.15, 0.2) is 0 Å². The molecule has 1 aliphatic rings. The molecule has 1 fully saturated rings. The maximum atomic E-state index is 13.4. The summed E-state index contributed by atoms with van der Waals surface area (Å²) in [5.41, 5.74) is 1.65. The lowest BCUT2D eigenvalue weighted by molar-refractivity contribution is -0.136. The molecule has 2 heterocycles. The average molecular weight is 468 g/mol. The molecular formula is C25H30FN5O3. The summed E-state index contributed by atoms with van der Waals surface area (Å²) in [5, 5.41) is 4.10. The lowest BCUT2D eigenvalue weighted by Gasteiger charge is -2.38. The highest BCUT2D eigenvalue weighted by atomic mass is 19.1. The number of piperazine rings is 1. The van der Waals surface area contributed by atoms with Crippen LogP contribution in [0.15, 0.2) is 53.1 Å². The molecule has 0 aliphatic carbocycles. The summed E-state index contributed by atoms with van der Waals surface area (Å²) in [6.45, 7) is 6.00. The Kier molecular flexibility index (Phi) is 7.54. The van der Waals surface area contributed by atoms with E-state index in [2.05, 4.69) is 19.9 Å². The summed E-state index contributed by atoms with van der Waals surface area (Å²) in [4.78, 5) is 23.5. The van der Waals surface area contributed by atoms with Crippen molar-refractivity contribution < 1.29 is 18.4 Å². The van der Waals surface area contributed by atoms with Gasteiger partial charge < -0.3 is 14.2 Å². The molecule has 4 rings (SSSR count). The number of halogens is 1. The van der Waals surface area contributed by atoms with E-state index >= 15 is 0 Å². The molecule has 1 aliphatic heterocycles. The first kappa shape index (κ1) is 23.8. The Morgan fingerprint density at radius 1 is 1.18 bits per heavy atom. The molecule has 8 nitrogen and oxygen atoms in total. The molecule has 0 radical (unpaired) electrons. The predicted octanol–water partition coefficient (Wildman–Crippen LogP) is 3.05. The van der Waals surface area contributed by atoms with E-state index in [-0.39, 0.29) is 17.8 Å². The number of amides is 1. The number of hydrogen-bond acceptors (Lipinski definition) is 7. The van der Waals surface area contributed by atoms with Crippen LogP contribution in [-0.2, 0) is 17.9 Å². The van der Waals surface area contributed by atoms with E-state index in [9.17, 15) is 9.18 Å². The van der Waals surface area contributed by atoms with E-state index in [1.165, 1.54) is 12.1 Å². The minimum Gasteiger partial charge on any atom is -0.497 e. The maximum Gasteiger partial charge on any atom is 0.241 e. The number of rotatable bonds is 8. The number of carbonyl (C=O) groups excluding carboxylic acids is 1. The van der Waals surface area contributed by atoms with Crippen molar-refractivity contribution in [2.45, 2.75) is 26.1 Å². The van der Waals surface area contributed by atoms with E-state index in [1.54, 1.807) is 25.1 Å². The molecule has 180 valence electrons. The van der Waals surface area contributed by atoms with Gasteiger partial charge in [-0.2, -0.15) is 4.98 Å². The number of nitrogens with zero attached hydrogens (tertiary/aromatic N) is 5. The van der Waals surface area contributed by atoms with Crippen LogP contribution in [0.3, 0.4) is 0 Å². The first-order valence-electron chi connectivity index (χ1n) is 11.4. The average Bonchev–Trinajstić information content (AvgIpc) is 3.32. The van der Waals surface area contributed by atoms with Crippen molar-refractivity contribution in [3.63, 3.8) is 0 Å². The van der Waals surface area contributed by atoms with Crippen LogP contribution in [-0.4, -0.2) is 77.1 Å². The molecule has 2 aromatic carbocycles. The predicted molar refractivity (Wildman–Crippen MR) is 125 cm³/mol. The lowest BCUT2D eigenvalue weighted by atomic mass is 10.1. The van der Waals surface area contributed by atoms with Gasteiger partial charge in [0.2, 0.25) is 17.6 Å². The van der Waals surface area contributed by atoms with E-state index in [1.807, 2.05) is 37.3 Å². The molecule has 9 heteroatoms. The molecule has 0 unspecified atom stereocenters. The van der Waals surface area contributed by atoms with Crippen molar-refractivity contribution in [2.24, 2.45) is 0 Å². The Labute approximate surface area is 198 Å². The van der Waals surface area contributed by atoms with Crippen molar-refractivity contribution >= 4 is 5.91 Å². The minimum atomic E-state index is -0.292. The van der Waals surface area contributed by atoms with Gasteiger partial charge in [-0.05, 0) is 48.9 Å². The molecule has 34 heavy (non-hydrogen) atoms. The van der Waals surface area contributed by atoms with Gasteiger partial charge >= 0.3 is 0 Å². The fraction of sp³-hybridized carbons (Fsp3) is 0.400. The number of hydrogen-bond donors (Lipinski definition) is 0. The monoisotopic (exact) mass is 467 g/mol. The Balaban J connectivity index is 1.26. The second kappa shape index (κ2) is 10.8. The van der Waals surface area contributed by atoms with Crippen LogP contribution in [0.2, 0.25) is 0 Å². The highest BCUT2D eigenvalue weighted by Gasteiger charge is 2.28. The zero-order valence-electron chi connectivity index (χ0n) is 19.8. The molecule has 0 spiro atoms. The molecular weight excluding hydrogens is 437 g/mol. The normalized spacial score (nSPS) is 15.8. The summed E-state index contributed by atoms with van der Waals surface area (Å²) < 4.78 is 24.1. The van der Waals surface area contributed by atoms with Crippen molar-refractivity contribution in [1.29, 1.82) is 0 Å². The molecule has 1 amide bonds. The van der Waals surface area contributed by atoms with Crippen molar-refractivity contribution in [3.8, 4) is 17.1 Å². The fourth-order valence-corrected chi connectivity index (χ4v) is 4.14. The van der Waals surface area contributed by atoms with Crippen LogP contribution in [0.4, 0.5) is 4.39 Å². The SMILES string of the molecule is COc1ccc(-c2noc(CN3CCN([C@@H](C)C(=O)N(C)Cc4cccc(F)c4)CC3)n2)cc1. The highest BCUT2D eigenvalue weighted by Crippen LogP contribution is 2.20. The number of aromatic nitrogens is 2. The summed E-state index contributed by atoms with van der Waals surface area (Å²) >= 11 is 0. The van der Waals surface area contributed by atoms with E-state index in [4.69, 9.17) is 9.26 Å². The quantitative estimate of drug-likeness (QED) is 0.504. The van der Waals surface area contributed by atoms with Crippen LogP contribution in [0.5, 0.6) is 5.75 Å². The Morgan fingerprint density at radius 2 is 1.91 bits per heavy atom. The second-order valence-electron chi connectivity index (χ2n) is 8.55. The van der Waals surface area contributed by atoms with Crippen molar-refractivity contribution in [1.82, 2.24) is 24.8 Å². The van der Waals surface area contributed by atoms with E-state index < -0.39 is 0 Å². The summed E-state index contributed by atoms with van der Waals surface area (Å²) in [6, 6.07) is 13.6. The van der Waals surface area contributed by atoms with E-state index in [0.29, 0.717) is 24.8 Å². The summed E-state index contributed by atoms with van der Waals surface area (Å²) in [6.07, 6.45) is 0. The number of ether oxygens (including phenoxy) is 1. The first-order chi connectivity index (χ1) is 16.4. The van der Waals surface area contributed by atoms with E-state index in [0.717, 1.165) is 43.1 Å². The summed E-state index contributed by atoms with van der Waals surface area (Å²) in [7, 11) is 3.39.